The Morgan fingerprint density at radius 2 is 1.26 bits per heavy atom. The second-order valence-electron chi connectivity index (χ2n) is 27.3. The number of hydrogen-bond acceptors (Lipinski definition) is 13. The second kappa shape index (κ2) is 31.5. The molecule has 2 atom stereocenters. The molecule has 528 valence electrons. The van der Waals surface area contributed by atoms with Crippen LogP contribution in [0.5, 0.6) is 0 Å². The highest BCUT2D eigenvalue weighted by Gasteiger charge is 2.29. The van der Waals surface area contributed by atoms with E-state index in [-0.39, 0.29) is 23.2 Å². The molecule has 0 spiro atoms. The molecular weight excluding hydrogens is 1290 g/mol. The maximum Gasteiger partial charge on any atom is 0.253 e. The number of aromatic amines is 1. The van der Waals surface area contributed by atoms with Crippen molar-refractivity contribution < 1.29 is 19.1 Å². The summed E-state index contributed by atoms with van der Waals surface area (Å²) in [6.45, 7) is 27.4. The molecule has 12 aromatic rings. The maximum atomic E-state index is 13.0. The standard InChI is InChI=1S/C29H32N6O2.C28H33N5O.C27H27N3O2/c1-4-33(3)16-17-34(5-2)29(37)20-6-9-23(10-7-20)32-25-12-13-26(35-15-14-30-27(25)35)21-8-11-24-22(18-21)19-31-28(24)36;1-5-31-17-21(4)33(18-20(31)3)25-8-6-22(14-19(25)2)15-24-7-9-26(32-13-12-30-28(24)32)23-10-11-29-27(34)16-23;1-19-15-23(20(2)31)18-24(16-19)26-8-5-22(27-28-9-10-30(26)27)17-21-3-6-25(7-4-21)29-11-13-32-14-12-29/h6-15,18,32H,4-5,16-17,19H2,1-3H3,(H,31,36);6-14,16,20-21H,5,15,17-18H2,1-4H3,(H,29,34);3-10,15-16,18H,11-14,17H2,1-2H3. The number of anilines is 4. The van der Waals surface area contributed by atoms with Crippen molar-refractivity contribution in [1.29, 1.82) is 0 Å². The minimum atomic E-state index is -0.106. The highest BCUT2D eigenvalue weighted by atomic mass is 16.5. The quantitative estimate of drug-likeness (QED) is 0.0650. The van der Waals surface area contributed by atoms with Crippen molar-refractivity contribution in [2.24, 2.45) is 0 Å². The number of imidazole rings is 3. The molecule has 103 heavy (non-hydrogen) atoms. The summed E-state index contributed by atoms with van der Waals surface area (Å²) in [7, 11) is 2.06. The first kappa shape index (κ1) is 70.4. The lowest BCUT2D eigenvalue weighted by Gasteiger charge is -2.45. The van der Waals surface area contributed by atoms with Gasteiger partial charge in [0.05, 0.1) is 36.0 Å². The van der Waals surface area contributed by atoms with Crippen molar-refractivity contribution in [1.82, 2.24) is 53.2 Å². The van der Waals surface area contributed by atoms with Gasteiger partial charge in [-0.05, 0) is 215 Å². The summed E-state index contributed by atoms with van der Waals surface area (Å²) in [5, 5.41) is 6.32. The minimum Gasteiger partial charge on any atom is -0.378 e. The minimum absolute atomic E-state index is 0.0203. The molecule has 3 N–H and O–H groups in total. The van der Waals surface area contributed by atoms with Crippen LogP contribution in [0.3, 0.4) is 0 Å². The number of benzene rings is 5. The summed E-state index contributed by atoms with van der Waals surface area (Å²) >= 11 is 0. The molecule has 7 aromatic heterocycles. The van der Waals surface area contributed by atoms with Crippen molar-refractivity contribution in [2.75, 3.05) is 94.3 Å². The van der Waals surface area contributed by atoms with E-state index in [2.05, 4.69) is 179 Å². The molecule has 3 aliphatic heterocycles. The van der Waals surface area contributed by atoms with Crippen molar-refractivity contribution in [3.05, 3.63) is 261 Å². The fraction of sp³-hybridized carbons (Fsp3) is 0.298. The number of amides is 2. The third-order valence-corrected chi connectivity index (χ3v) is 20.3. The molecule has 2 unspecified atom stereocenters. The Balaban J connectivity index is 0.000000138. The summed E-state index contributed by atoms with van der Waals surface area (Å²) in [5.41, 5.74) is 23.3. The van der Waals surface area contributed by atoms with Gasteiger partial charge in [0.2, 0.25) is 5.56 Å². The second-order valence-corrected chi connectivity index (χ2v) is 27.3. The third kappa shape index (κ3) is 15.7. The molecular formula is C84H92N14O5. The Morgan fingerprint density at radius 1 is 0.621 bits per heavy atom. The van der Waals surface area contributed by atoms with E-state index in [4.69, 9.17) is 4.74 Å². The summed E-state index contributed by atoms with van der Waals surface area (Å²) in [4.78, 5) is 76.8. The summed E-state index contributed by atoms with van der Waals surface area (Å²) in [6.07, 6.45) is 14.6. The van der Waals surface area contributed by atoms with E-state index in [9.17, 15) is 19.2 Å². The molecule has 10 heterocycles. The number of fused-ring (bicyclic) bond motifs is 4. The molecule has 0 radical (unpaired) electrons. The van der Waals surface area contributed by atoms with Gasteiger partial charge < -0.3 is 40.0 Å². The number of H-pyrrole nitrogens is 1. The summed E-state index contributed by atoms with van der Waals surface area (Å²) < 4.78 is 11.7. The van der Waals surface area contributed by atoms with E-state index in [1.165, 1.54) is 39.2 Å². The Bertz CT molecular complexity index is 5090. The van der Waals surface area contributed by atoms with Crippen LogP contribution < -0.4 is 26.0 Å². The number of nitrogens with zero attached hydrogens (tertiary/aromatic N) is 11. The molecule has 5 aromatic carbocycles. The number of Topliss-reactive ketones (excluding diaryl/α,β-unsaturated/α-hetero) is 1. The summed E-state index contributed by atoms with van der Waals surface area (Å²) in [5.74, 6) is 0.104. The molecule has 2 saturated heterocycles. The fourth-order valence-electron chi connectivity index (χ4n) is 14.5. The predicted octanol–water partition coefficient (Wildman–Crippen LogP) is 13.8. The van der Waals surface area contributed by atoms with Crippen LogP contribution in [0.4, 0.5) is 22.7 Å². The Kier molecular flexibility index (Phi) is 21.5. The van der Waals surface area contributed by atoms with E-state index in [1.807, 2.05) is 121 Å². The number of aryl methyl sites for hydroxylation is 2. The van der Waals surface area contributed by atoms with Gasteiger partial charge in [-0.15, -0.1) is 0 Å². The number of carbonyl (C=O) groups excluding carboxylic acids is 3. The molecule has 19 nitrogen and oxygen atoms in total. The van der Waals surface area contributed by atoms with Gasteiger partial charge in [-0.1, -0.05) is 56.3 Å². The van der Waals surface area contributed by atoms with E-state index >= 15 is 0 Å². The number of hydrogen-bond donors (Lipinski definition) is 3. The molecule has 2 amide bonds. The van der Waals surface area contributed by atoms with Crippen LogP contribution in [0.15, 0.2) is 200 Å². The van der Waals surface area contributed by atoms with E-state index < -0.39 is 0 Å². The van der Waals surface area contributed by atoms with Crippen LogP contribution in [0.1, 0.15) is 112 Å². The van der Waals surface area contributed by atoms with Gasteiger partial charge >= 0.3 is 0 Å². The Hall–Kier alpha value is -11.0. The van der Waals surface area contributed by atoms with Crippen molar-refractivity contribution in [3.63, 3.8) is 0 Å². The normalized spacial score (nSPS) is 15.2. The number of ketones is 1. The highest BCUT2D eigenvalue weighted by molar-refractivity contribution is 5.99. The first-order chi connectivity index (χ1) is 50.0. The number of likely N-dealkylation sites (N-methyl/N-ethyl adjacent to an activating group) is 3. The highest BCUT2D eigenvalue weighted by Crippen LogP contribution is 2.34. The van der Waals surface area contributed by atoms with Gasteiger partial charge in [-0.3, -0.25) is 37.3 Å². The van der Waals surface area contributed by atoms with Crippen LogP contribution in [0.25, 0.3) is 50.7 Å². The zero-order valence-electron chi connectivity index (χ0n) is 60.5. The van der Waals surface area contributed by atoms with Gasteiger partial charge in [-0.2, -0.15) is 0 Å². The number of carbonyl (C=O) groups is 3. The van der Waals surface area contributed by atoms with Crippen LogP contribution in [0, 0.1) is 13.8 Å². The lowest BCUT2D eigenvalue weighted by atomic mass is 10.00. The molecule has 15 rings (SSSR count). The van der Waals surface area contributed by atoms with Crippen molar-refractivity contribution in [3.8, 4) is 33.8 Å². The van der Waals surface area contributed by atoms with Gasteiger partial charge in [0, 0.05) is 166 Å². The average molecular weight is 1380 g/mol. The van der Waals surface area contributed by atoms with Gasteiger partial charge in [-0.25, -0.2) is 15.0 Å². The van der Waals surface area contributed by atoms with Crippen LogP contribution >= 0.6 is 0 Å². The number of ether oxygens (including phenoxy) is 1. The molecule has 2 fully saturated rings. The monoisotopic (exact) mass is 1380 g/mol. The number of morpholine rings is 1. The predicted molar refractivity (Wildman–Crippen MR) is 413 cm³/mol. The number of pyridine rings is 4. The van der Waals surface area contributed by atoms with E-state index in [1.54, 1.807) is 25.4 Å². The Labute approximate surface area is 602 Å². The fourth-order valence-corrected chi connectivity index (χ4v) is 14.5. The lowest BCUT2D eigenvalue weighted by Crippen LogP contribution is -2.56. The maximum absolute atomic E-state index is 13.0. The van der Waals surface area contributed by atoms with Crippen molar-refractivity contribution in [2.45, 2.75) is 86.9 Å². The van der Waals surface area contributed by atoms with Crippen molar-refractivity contribution >= 4 is 57.3 Å². The van der Waals surface area contributed by atoms with Crippen LogP contribution in [-0.2, 0) is 24.1 Å². The molecule has 0 saturated carbocycles. The third-order valence-electron chi connectivity index (χ3n) is 20.3. The number of rotatable bonds is 19. The topological polar surface area (TPSA) is 185 Å². The number of nitrogens with one attached hydrogen (secondary N) is 3. The van der Waals surface area contributed by atoms with Gasteiger partial charge in [0.15, 0.2) is 11.4 Å². The number of piperazine rings is 1. The lowest BCUT2D eigenvalue weighted by molar-refractivity contribution is 0.0750. The molecule has 19 heteroatoms. The first-order valence-electron chi connectivity index (χ1n) is 36.0. The number of aromatic nitrogens is 7. The zero-order valence-corrected chi connectivity index (χ0v) is 60.5. The molecule has 3 aliphatic rings. The SMILES string of the molecule is CC(=O)c1cc(C)cc(-c2ccc(Cc3ccc(N4CCOCC4)cc3)c3nccn23)c1.CCN(C)CCN(CC)C(=O)c1ccc(Nc2ccc(-c3ccc4c(c3)CNC4=O)n3ccnc23)cc1.CCN1CC(C)N(c2ccc(Cc3ccc(-c4cc[nH]c(=O)c4)n4ccnc34)cc2C)CC1C. The Morgan fingerprint density at radius 3 is 1.91 bits per heavy atom. The largest absolute Gasteiger partial charge is 0.378 e. The van der Waals surface area contributed by atoms with Crippen LogP contribution in [0.2, 0.25) is 0 Å². The molecule has 0 aliphatic carbocycles. The van der Waals surface area contributed by atoms with Crippen LogP contribution in [-0.4, -0.2) is 157 Å². The van der Waals surface area contributed by atoms with E-state index in [0.717, 1.165) is 156 Å². The first-order valence-corrected chi connectivity index (χ1v) is 36.0. The average Bonchev–Trinajstić information content (AvgIpc) is 1.69. The van der Waals surface area contributed by atoms with Gasteiger partial charge in [0.1, 0.15) is 11.3 Å². The van der Waals surface area contributed by atoms with E-state index in [0.29, 0.717) is 37.3 Å². The zero-order chi connectivity index (χ0) is 71.8. The summed E-state index contributed by atoms with van der Waals surface area (Å²) in [6, 6.07) is 52.4. The molecule has 0 bridgehead atoms. The van der Waals surface area contributed by atoms with Gasteiger partial charge in [0.25, 0.3) is 11.8 Å². The smallest absolute Gasteiger partial charge is 0.253 e.